The van der Waals surface area contributed by atoms with Crippen LogP contribution in [0.2, 0.25) is 0 Å². The molecule has 1 fully saturated rings. The summed E-state index contributed by atoms with van der Waals surface area (Å²) in [5.41, 5.74) is 3.41. The minimum atomic E-state index is -0.304. The molecule has 168 valence electrons. The Labute approximate surface area is 197 Å². The van der Waals surface area contributed by atoms with E-state index in [0.717, 1.165) is 42.4 Å². The van der Waals surface area contributed by atoms with Gasteiger partial charge in [0.2, 0.25) is 0 Å². The summed E-state index contributed by atoms with van der Waals surface area (Å²) in [6.45, 7) is 3.98. The standard InChI is InChI=1S/C26H26N4O2S/c1-27-14-16-29(17-15-27)20-10-12-21(13-11-20)30-25(31)23(22-9-6-18-33-22)24(26(30)32)28(2)19-7-4-3-5-8-19/h3-13,18H,14-17H2,1-2H3. The highest BCUT2D eigenvalue weighted by Gasteiger charge is 2.42. The number of rotatable bonds is 5. The smallest absolute Gasteiger partial charge is 0.282 e. The lowest BCUT2D eigenvalue weighted by Gasteiger charge is -2.34. The van der Waals surface area contributed by atoms with Gasteiger partial charge in [0, 0.05) is 49.5 Å². The largest absolute Gasteiger partial charge is 0.369 e. The number of benzene rings is 2. The summed E-state index contributed by atoms with van der Waals surface area (Å²) < 4.78 is 0. The van der Waals surface area contributed by atoms with Gasteiger partial charge in [0.05, 0.1) is 11.3 Å². The molecule has 0 unspecified atom stereocenters. The first-order valence-corrected chi connectivity index (χ1v) is 11.9. The number of likely N-dealkylation sites (N-methyl/N-ethyl adjacent to an activating group) is 2. The number of carbonyl (C=O) groups is 2. The lowest BCUT2D eigenvalue weighted by Crippen LogP contribution is -2.44. The van der Waals surface area contributed by atoms with Crippen LogP contribution in [-0.2, 0) is 9.59 Å². The maximum absolute atomic E-state index is 13.7. The Bertz CT molecular complexity index is 1180. The zero-order valence-electron chi connectivity index (χ0n) is 18.8. The zero-order valence-corrected chi connectivity index (χ0v) is 19.6. The molecular weight excluding hydrogens is 432 g/mol. The normalized spacial score (nSPS) is 17.3. The number of amides is 2. The molecule has 2 aliphatic heterocycles. The summed E-state index contributed by atoms with van der Waals surface area (Å²) >= 11 is 1.47. The van der Waals surface area contributed by atoms with Crippen molar-refractivity contribution in [2.75, 3.05) is 55.0 Å². The third-order valence-corrected chi connectivity index (χ3v) is 7.17. The minimum absolute atomic E-state index is 0.285. The Hall–Kier alpha value is -3.42. The topological polar surface area (TPSA) is 47.1 Å². The van der Waals surface area contributed by atoms with Crippen molar-refractivity contribution in [1.82, 2.24) is 4.90 Å². The van der Waals surface area contributed by atoms with Crippen LogP contribution in [0.25, 0.3) is 5.57 Å². The minimum Gasteiger partial charge on any atom is -0.369 e. The van der Waals surface area contributed by atoms with E-state index in [1.54, 1.807) is 0 Å². The van der Waals surface area contributed by atoms with E-state index >= 15 is 0 Å². The van der Waals surface area contributed by atoms with Crippen molar-refractivity contribution >= 4 is 45.8 Å². The Balaban J connectivity index is 1.48. The number of imide groups is 1. The molecule has 33 heavy (non-hydrogen) atoms. The number of nitrogens with zero attached hydrogens (tertiary/aromatic N) is 4. The predicted molar refractivity (Wildman–Crippen MR) is 135 cm³/mol. The molecule has 5 rings (SSSR count). The third-order valence-electron chi connectivity index (χ3n) is 6.28. The first kappa shape index (κ1) is 21.4. The molecule has 2 aromatic carbocycles. The molecular formula is C26H26N4O2S. The lowest BCUT2D eigenvalue weighted by molar-refractivity contribution is -0.120. The number of piperazine rings is 1. The Morgan fingerprint density at radius 1 is 0.788 bits per heavy atom. The number of para-hydroxylation sites is 1. The highest BCUT2D eigenvalue weighted by Crippen LogP contribution is 2.38. The number of hydrogen-bond donors (Lipinski definition) is 0. The van der Waals surface area contributed by atoms with E-state index in [2.05, 4.69) is 16.8 Å². The fourth-order valence-electron chi connectivity index (χ4n) is 4.36. The zero-order chi connectivity index (χ0) is 22.9. The highest BCUT2D eigenvalue weighted by molar-refractivity contribution is 7.11. The van der Waals surface area contributed by atoms with Crippen LogP contribution >= 0.6 is 11.3 Å². The van der Waals surface area contributed by atoms with Crippen LogP contribution in [0.1, 0.15) is 4.88 Å². The maximum atomic E-state index is 13.7. The molecule has 6 nitrogen and oxygen atoms in total. The molecule has 7 heteroatoms. The quantitative estimate of drug-likeness (QED) is 0.543. The number of thiophene rings is 1. The van der Waals surface area contributed by atoms with E-state index < -0.39 is 0 Å². The molecule has 0 N–H and O–H groups in total. The SMILES string of the molecule is CN1CCN(c2ccc(N3C(=O)C(c4cccs4)=C(N(C)c4ccccc4)C3=O)cc2)CC1. The lowest BCUT2D eigenvalue weighted by atomic mass is 10.1. The molecule has 0 spiro atoms. The third kappa shape index (κ3) is 3.94. The van der Waals surface area contributed by atoms with Crippen LogP contribution < -0.4 is 14.7 Å². The Morgan fingerprint density at radius 2 is 1.45 bits per heavy atom. The average molecular weight is 459 g/mol. The maximum Gasteiger partial charge on any atom is 0.282 e. The molecule has 3 aromatic rings. The molecule has 1 saturated heterocycles. The van der Waals surface area contributed by atoms with Crippen molar-refractivity contribution in [3.05, 3.63) is 82.7 Å². The summed E-state index contributed by atoms with van der Waals surface area (Å²) in [4.78, 5) is 35.8. The molecule has 3 heterocycles. The van der Waals surface area contributed by atoms with Crippen molar-refractivity contribution in [2.24, 2.45) is 0 Å². The van der Waals surface area contributed by atoms with E-state index in [0.29, 0.717) is 17.0 Å². The molecule has 0 bridgehead atoms. The van der Waals surface area contributed by atoms with Crippen molar-refractivity contribution in [2.45, 2.75) is 0 Å². The molecule has 1 aromatic heterocycles. The average Bonchev–Trinajstić information content (AvgIpc) is 3.46. The van der Waals surface area contributed by atoms with Gasteiger partial charge in [-0.25, -0.2) is 4.90 Å². The summed E-state index contributed by atoms with van der Waals surface area (Å²) in [7, 11) is 3.97. The van der Waals surface area contributed by atoms with Gasteiger partial charge in [-0.3, -0.25) is 9.59 Å². The first-order chi connectivity index (χ1) is 16.0. The highest BCUT2D eigenvalue weighted by atomic mass is 32.1. The number of hydrogen-bond acceptors (Lipinski definition) is 6. The van der Waals surface area contributed by atoms with Gasteiger partial charge in [-0.2, -0.15) is 0 Å². The van der Waals surface area contributed by atoms with E-state index in [1.807, 2.05) is 84.1 Å². The molecule has 2 aliphatic rings. The van der Waals surface area contributed by atoms with Gasteiger partial charge in [0.25, 0.3) is 11.8 Å². The van der Waals surface area contributed by atoms with E-state index in [-0.39, 0.29) is 11.8 Å². The van der Waals surface area contributed by atoms with Gasteiger partial charge in [0.1, 0.15) is 5.70 Å². The van der Waals surface area contributed by atoms with Gasteiger partial charge in [-0.05, 0) is 54.9 Å². The van der Waals surface area contributed by atoms with Crippen LogP contribution in [0.15, 0.2) is 77.8 Å². The second-order valence-electron chi connectivity index (χ2n) is 8.35. The van der Waals surface area contributed by atoms with Crippen LogP contribution in [0.4, 0.5) is 17.1 Å². The fourth-order valence-corrected chi connectivity index (χ4v) is 5.13. The second-order valence-corrected chi connectivity index (χ2v) is 9.30. The van der Waals surface area contributed by atoms with E-state index in [1.165, 1.54) is 16.2 Å². The molecule has 0 saturated carbocycles. The van der Waals surface area contributed by atoms with Crippen LogP contribution in [0.3, 0.4) is 0 Å². The number of carbonyl (C=O) groups excluding carboxylic acids is 2. The van der Waals surface area contributed by atoms with Gasteiger partial charge in [-0.15, -0.1) is 11.3 Å². The summed E-state index contributed by atoms with van der Waals surface area (Å²) in [6.07, 6.45) is 0. The van der Waals surface area contributed by atoms with Crippen molar-refractivity contribution in [3.8, 4) is 0 Å². The van der Waals surface area contributed by atoms with Gasteiger partial charge in [-0.1, -0.05) is 24.3 Å². The summed E-state index contributed by atoms with van der Waals surface area (Å²) in [6, 6.07) is 21.2. The van der Waals surface area contributed by atoms with Crippen LogP contribution in [-0.4, -0.2) is 57.0 Å². The molecule has 0 radical (unpaired) electrons. The molecule has 0 atom stereocenters. The van der Waals surface area contributed by atoms with Crippen LogP contribution in [0.5, 0.6) is 0 Å². The fraction of sp³-hybridized carbons (Fsp3) is 0.231. The van der Waals surface area contributed by atoms with Crippen molar-refractivity contribution < 1.29 is 9.59 Å². The monoisotopic (exact) mass is 458 g/mol. The van der Waals surface area contributed by atoms with E-state index in [4.69, 9.17) is 0 Å². The summed E-state index contributed by atoms with van der Waals surface area (Å²) in [5, 5.41) is 1.92. The van der Waals surface area contributed by atoms with Crippen molar-refractivity contribution in [1.29, 1.82) is 0 Å². The van der Waals surface area contributed by atoms with Gasteiger partial charge >= 0.3 is 0 Å². The molecule has 0 aliphatic carbocycles. The first-order valence-electron chi connectivity index (χ1n) is 11.0. The Morgan fingerprint density at radius 3 is 2.09 bits per heavy atom. The van der Waals surface area contributed by atoms with Crippen molar-refractivity contribution in [3.63, 3.8) is 0 Å². The van der Waals surface area contributed by atoms with Gasteiger partial charge in [0.15, 0.2) is 0 Å². The van der Waals surface area contributed by atoms with Gasteiger partial charge < -0.3 is 14.7 Å². The van der Waals surface area contributed by atoms with Crippen LogP contribution in [0, 0.1) is 0 Å². The second kappa shape index (κ2) is 8.84. The Kier molecular flexibility index (Phi) is 5.74. The number of anilines is 3. The van der Waals surface area contributed by atoms with E-state index in [9.17, 15) is 9.59 Å². The predicted octanol–water partition coefficient (Wildman–Crippen LogP) is 3.92. The molecule has 2 amide bonds. The summed E-state index contributed by atoms with van der Waals surface area (Å²) in [5.74, 6) is -0.588.